The van der Waals surface area contributed by atoms with Crippen molar-refractivity contribution in [3.63, 3.8) is 0 Å². The summed E-state index contributed by atoms with van der Waals surface area (Å²) in [6, 6.07) is 12.5. The summed E-state index contributed by atoms with van der Waals surface area (Å²) in [4.78, 5) is 19.2. The number of likely N-dealkylation sites (tertiary alicyclic amines) is 1. The summed E-state index contributed by atoms with van der Waals surface area (Å²) in [6.07, 6.45) is 5.93. The largest absolute Gasteiger partial charge is 0.370 e. The van der Waals surface area contributed by atoms with Gasteiger partial charge in [0.1, 0.15) is 0 Å². The molecule has 5 nitrogen and oxygen atoms in total. The summed E-state index contributed by atoms with van der Waals surface area (Å²) in [5, 5.41) is 3.16. The van der Waals surface area contributed by atoms with E-state index < -0.39 is 0 Å². The van der Waals surface area contributed by atoms with Crippen molar-refractivity contribution in [1.29, 1.82) is 0 Å². The minimum Gasteiger partial charge on any atom is -0.370 e. The minimum atomic E-state index is -0.0263. The number of fused-ring (bicyclic) bond motifs is 1. The van der Waals surface area contributed by atoms with E-state index in [9.17, 15) is 4.79 Å². The highest BCUT2D eigenvalue weighted by Gasteiger charge is 2.62. The Kier molecular flexibility index (Phi) is 4.44. The summed E-state index contributed by atoms with van der Waals surface area (Å²) in [7, 11) is 0. The van der Waals surface area contributed by atoms with Crippen LogP contribution in [-0.4, -0.2) is 47.1 Å². The van der Waals surface area contributed by atoms with E-state index in [1.807, 2.05) is 13.0 Å². The van der Waals surface area contributed by atoms with Crippen LogP contribution in [0.2, 0.25) is 0 Å². The van der Waals surface area contributed by atoms with Gasteiger partial charge in [0, 0.05) is 50.4 Å². The van der Waals surface area contributed by atoms with Gasteiger partial charge in [-0.05, 0) is 37.0 Å². The molecule has 1 amide bonds. The van der Waals surface area contributed by atoms with Crippen LogP contribution < -0.4 is 5.32 Å². The quantitative estimate of drug-likeness (QED) is 0.871. The Bertz CT molecular complexity index is 871. The Morgan fingerprint density at radius 1 is 1.32 bits per heavy atom. The van der Waals surface area contributed by atoms with E-state index >= 15 is 0 Å². The molecule has 4 atom stereocenters. The van der Waals surface area contributed by atoms with E-state index in [0.717, 1.165) is 38.0 Å². The molecule has 0 saturated carbocycles. The fourth-order valence-electron chi connectivity index (χ4n) is 5.53. The molecule has 146 valence electrons. The fraction of sp³-hybridized carbons (Fsp3) is 0.478. The zero-order valence-electron chi connectivity index (χ0n) is 16.3. The molecule has 5 rings (SSSR count). The fourth-order valence-corrected chi connectivity index (χ4v) is 5.53. The predicted octanol–water partition coefficient (Wildman–Crippen LogP) is 2.80. The SMILES string of the molecule is Cc1ccncc1C(=O)NC[C@H]1[C@H]2CN(Cc3ccccc3)C[C@]23CC[C@H]1O3. The molecule has 0 radical (unpaired) electrons. The zero-order chi connectivity index (χ0) is 19.1. The van der Waals surface area contributed by atoms with Gasteiger partial charge in [-0.25, -0.2) is 0 Å². The van der Waals surface area contributed by atoms with Crippen molar-refractivity contribution < 1.29 is 9.53 Å². The molecule has 3 saturated heterocycles. The molecule has 1 aromatic heterocycles. The third-order valence-corrected chi connectivity index (χ3v) is 6.89. The van der Waals surface area contributed by atoms with Gasteiger partial charge in [0.15, 0.2) is 0 Å². The molecule has 1 aromatic carbocycles. The first-order valence-electron chi connectivity index (χ1n) is 10.3. The van der Waals surface area contributed by atoms with Crippen LogP contribution in [0.15, 0.2) is 48.8 Å². The summed E-state index contributed by atoms with van der Waals surface area (Å²) in [6.45, 7) is 5.67. The van der Waals surface area contributed by atoms with Gasteiger partial charge in [0.05, 0.1) is 17.3 Å². The Morgan fingerprint density at radius 2 is 2.18 bits per heavy atom. The number of benzene rings is 1. The van der Waals surface area contributed by atoms with Gasteiger partial charge in [-0.15, -0.1) is 0 Å². The highest BCUT2D eigenvalue weighted by Crippen LogP contribution is 2.54. The monoisotopic (exact) mass is 377 g/mol. The average Bonchev–Trinajstić information content (AvgIpc) is 3.35. The molecule has 0 unspecified atom stereocenters. The number of nitrogens with zero attached hydrogens (tertiary/aromatic N) is 2. The standard InChI is InChI=1S/C23H27N3O2/c1-16-8-10-24-11-18(16)22(27)25-12-19-20-14-26(13-17-5-3-2-4-6-17)15-23(20)9-7-21(19)28-23/h2-6,8,10-11,19-21H,7,9,12-15H2,1H3,(H,25,27)/t19-,20+,21+,23+/m0/s1. The second-order valence-corrected chi connectivity index (χ2v) is 8.59. The molecule has 5 heteroatoms. The van der Waals surface area contributed by atoms with Crippen LogP contribution in [0, 0.1) is 18.8 Å². The normalized spacial score (nSPS) is 31.1. The van der Waals surface area contributed by atoms with E-state index in [0.29, 0.717) is 30.0 Å². The van der Waals surface area contributed by atoms with Crippen LogP contribution in [0.3, 0.4) is 0 Å². The van der Waals surface area contributed by atoms with E-state index in [1.54, 1.807) is 12.4 Å². The molecule has 3 fully saturated rings. The zero-order valence-corrected chi connectivity index (χ0v) is 16.3. The van der Waals surface area contributed by atoms with Crippen LogP contribution in [0.1, 0.15) is 34.3 Å². The minimum absolute atomic E-state index is 0.000932. The van der Waals surface area contributed by atoms with E-state index in [-0.39, 0.29) is 11.5 Å². The summed E-state index contributed by atoms with van der Waals surface area (Å²) >= 11 is 0. The van der Waals surface area contributed by atoms with Crippen molar-refractivity contribution >= 4 is 5.91 Å². The molecule has 4 heterocycles. The Labute approximate surface area is 166 Å². The Balaban J connectivity index is 1.25. The maximum atomic E-state index is 12.6. The number of rotatable bonds is 5. The number of carbonyl (C=O) groups is 1. The van der Waals surface area contributed by atoms with Crippen LogP contribution in [0.5, 0.6) is 0 Å². The lowest BCUT2D eigenvalue weighted by Crippen LogP contribution is -2.42. The number of aryl methyl sites for hydroxylation is 1. The molecule has 1 N–H and O–H groups in total. The van der Waals surface area contributed by atoms with Crippen LogP contribution >= 0.6 is 0 Å². The molecule has 2 bridgehead atoms. The van der Waals surface area contributed by atoms with Crippen LogP contribution in [-0.2, 0) is 11.3 Å². The van der Waals surface area contributed by atoms with E-state index in [2.05, 4.69) is 45.5 Å². The lowest BCUT2D eigenvalue weighted by molar-refractivity contribution is 0.00212. The number of nitrogens with one attached hydrogen (secondary N) is 1. The maximum absolute atomic E-state index is 12.6. The van der Waals surface area contributed by atoms with Crippen molar-refractivity contribution in [2.24, 2.45) is 11.8 Å². The second kappa shape index (κ2) is 6.98. The Hall–Kier alpha value is -2.24. The first-order valence-corrected chi connectivity index (χ1v) is 10.3. The topological polar surface area (TPSA) is 54.5 Å². The second-order valence-electron chi connectivity index (χ2n) is 8.59. The van der Waals surface area contributed by atoms with Gasteiger partial charge in [-0.3, -0.25) is 14.7 Å². The van der Waals surface area contributed by atoms with Crippen molar-refractivity contribution in [1.82, 2.24) is 15.2 Å². The molecule has 2 aromatic rings. The van der Waals surface area contributed by atoms with E-state index in [4.69, 9.17) is 4.74 Å². The number of pyridine rings is 1. The van der Waals surface area contributed by atoms with Gasteiger partial charge < -0.3 is 10.1 Å². The molecule has 0 aliphatic carbocycles. The lowest BCUT2D eigenvalue weighted by Gasteiger charge is -2.29. The van der Waals surface area contributed by atoms with Crippen LogP contribution in [0.4, 0.5) is 0 Å². The van der Waals surface area contributed by atoms with Gasteiger partial charge >= 0.3 is 0 Å². The Morgan fingerprint density at radius 3 is 3.00 bits per heavy atom. The molecule has 3 aliphatic rings. The number of hydrogen-bond acceptors (Lipinski definition) is 4. The van der Waals surface area contributed by atoms with Gasteiger partial charge in [-0.1, -0.05) is 30.3 Å². The van der Waals surface area contributed by atoms with Crippen LogP contribution in [0.25, 0.3) is 0 Å². The van der Waals surface area contributed by atoms with Gasteiger partial charge in [0.25, 0.3) is 5.91 Å². The third kappa shape index (κ3) is 3.03. The molecule has 3 aliphatic heterocycles. The van der Waals surface area contributed by atoms with Crippen molar-refractivity contribution in [2.75, 3.05) is 19.6 Å². The molecule has 28 heavy (non-hydrogen) atoms. The first kappa shape index (κ1) is 17.8. The third-order valence-electron chi connectivity index (χ3n) is 6.89. The highest BCUT2D eigenvalue weighted by atomic mass is 16.5. The predicted molar refractivity (Wildman–Crippen MR) is 107 cm³/mol. The van der Waals surface area contributed by atoms with Crippen molar-refractivity contribution in [2.45, 2.75) is 38.0 Å². The molecular formula is C23H27N3O2. The summed E-state index contributed by atoms with van der Waals surface area (Å²) in [5.41, 5.74) is 2.98. The van der Waals surface area contributed by atoms with Crippen molar-refractivity contribution in [3.8, 4) is 0 Å². The maximum Gasteiger partial charge on any atom is 0.253 e. The van der Waals surface area contributed by atoms with Crippen molar-refractivity contribution in [3.05, 3.63) is 65.5 Å². The van der Waals surface area contributed by atoms with E-state index in [1.165, 1.54) is 5.56 Å². The first-order chi connectivity index (χ1) is 13.6. The number of aromatic nitrogens is 1. The summed E-state index contributed by atoms with van der Waals surface area (Å²) in [5.74, 6) is 0.877. The summed E-state index contributed by atoms with van der Waals surface area (Å²) < 4.78 is 6.52. The number of hydrogen-bond donors (Lipinski definition) is 1. The van der Waals surface area contributed by atoms with Gasteiger partial charge in [-0.2, -0.15) is 0 Å². The average molecular weight is 377 g/mol. The highest BCUT2D eigenvalue weighted by molar-refractivity contribution is 5.95. The molecule has 1 spiro atoms. The smallest absolute Gasteiger partial charge is 0.253 e. The molecular weight excluding hydrogens is 350 g/mol. The number of ether oxygens (including phenoxy) is 1. The lowest BCUT2D eigenvalue weighted by atomic mass is 9.73. The van der Waals surface area contributed by atoms with Gasteiger partial charge in [0.2, 0.25) is 0 Å². The number of amides is 1. The number of carbonyl (C=O) groups excluding carboxylic acids is 1.